The zero-order valence-corrected chi connectivity index (χ0v) is 7.19. The Labute approximate surface area is 60.8 Å². The second-order valence-corrected chi connectivity index (χ2v) is 5.92. The molecule has 0 fully saturated rings. The van der Waals surface area contributed by atoms with E-state index in [1.54, 1.807) is 13.8 Å². The van der Waals surface area contributed by atoms with Crippen molar-refractivity contribution in [3.05, 3.63) is 0 Å². The van der Waals surface area contributed by atoms with Crippen LogP contribution in [-0.2, 0) is 9.36 Å². The van der Waals surface area contributed by atoms with E-state index in [-0.39, 0.29) is 6.16 Å². The topological polar surface area (TPSA) is 57.2 Å². The minimum absolute atomic E-state index is 0.264. The largest absolute Gasteiger partial charge is 0.550 e. The molecule has 0 heterocycles. The van der Waals surface area contributed by atoms with Gasteiger partial charge < -0.3 is 14.5 Å². The molecule has 0 saturated carbocycles. The SMILES string of the molecule is CCP(=O)(CC)CC(=O)[O-]. The Bertz CT molecular complexity index is 156. The van der Waals surface area contributed by atoms with Crippen LogP contribution in [0.15, 0.2) is 0 Å². The van der Waals surface area contributed by atoms with Gasteiger partial charge in [-0.25, -0.2) is 0 Å². The summed E-state index contributed by atoms with van der Waals surface area (Å²) in [5, 5.41) is 10.0. The van der Waals surface area contributed by atoms with Crippen LogP contribution in [0.5, 0.6) is 0 Å². The van der Waals surface area contributed by atoms with Crippen molar-refractivity contribution in [2.24, 2.45) is 0 Å². The van der Waals surface area contributed by atoms with E-state index in [9.17, 15) is 14.5 Å². The van der Waals surface area contributed by atoms with Crippen molar-refractivity contribution < 1.29 is 14.5 Å². The molecule has 0 unspecified atom stereocenters. The number of hydrogen-bond acceptors (Lipinski definition) is 3. The summed E-state index contributed by atoms with van der Waals surface area (Å²) in [6.45, 7) is 3.49. The van der Waals surface area contributed by atoms with Crippen LogP contribution in [0, 0.1) is 0 Å². The van der Waals surface area contributed by atoms with Crippen LogP contribution in [0.3, 0.4) is 0 Å². The molecule has 0 spiro atoms. The second kappa shape index (κ2) is 3.77. The third-order valence-corrected chi connectivity index (χ3v) is 4.71. The molecule has 0 aromatic rings. The summed E-state index contributed by atoms with van der Waals surface area (Å²) in [7, 11) is -2.40. The molecular weight excluding hydrogens is 151 g/mol. The predicted molar refractivity (Wildman–Crippen MR) is 38.6 cm³/mol. The van der Waals surface area contributed by atoms with Gasteiger partial charge in [0.15, 0.2) is 0 Å². The third kappa shape index (κ3) is 3.02. The van der Waals surface area contributed by atoms with E-state index < -0.39 is 13.1 Å². The molecule has 0 rings (SSSR count). The lowest BCUT2D eigenvalue weighted by Gasteiger charge is -2.13. The minimum Gasteiger partial charge on any atom is -0.550 e. The zero-order chi connectivity index (χ0) is 8.20. The first kappa shape index (κ1) is 9.70. The minimum atomic E-state index is -2.40. The predicted octanol–water partition coefficient (Wildman–Crippen LogP) is 0.139. The lowest BCUT2D eigenvalue weighted by Crippen LogP contribution is -2.26. The number of rotatable bonds is 4. The molecule has 0 aliphatic rings. The summed E-state index contributed by atoms with van der Waals surface area (Å²) in [6, 6.07) is 0. The third-order valence-electron chi connectivity index (χ3n) is 1.57. The van der Waals surface area contributed by atoms with Crippen molar-refractivity contribution in [1.82, 2.24) is 0 Å². The maximum atomic E-state index is 11.3. The van der Waals surface area contributed by atoms with Crippen LogP contribution in [0.1, 0.15) is 13.8 Å². The van der Waals surface area contributed by atoms with Gasteiger partial charge in [0.05, 0.1) is 7.14 Å². The molecule has 3 nitrogen and oxygen atoms in total. The van der Waals surface area contributed by atoms with Gasteiger partial charge in [-0.1, -0.05) is 13.8 Å². The Morgan fingerprint density at radius 3 is 1.90 bits per heavy atom. The Kier molecular flexibility index (Phi) is 3.66. The van der Waals surface area contributed by atoms with Crippen molar-refractivity contribution >= 4 is 13.1 Å². The molecule has 0 saturated heterocycles. The first-order valence-electron chi connectivity index (χ1n) is 3.31. The van der Waals surface area contributed by atoms with Gasteiger partial charge in [0.1, 0.15) is 0 Å². The number of hydrogen-bond donors (Lipinski definition) is 0. The summed E-state index contributed by atoms with van der Waals surface area (Å²) >= 11 is 0. The second-order valence-electron chi connectivity index (χ2n) is 2.22. The quantitative estimate of drug-likeness (QED) is 0.554. The average Bonchev–Trinajstić information content (AvgIpc) is 1.87. The summed E-state index contributed by atoms with van der Waals surface area (Å²) < 4.78 is 11.3. The van der Waals surface area contributed by atoms with Gasteiger partial charge in [0.2, 0.25) is 0 Å². The number of aliphatic carboxylic acids is 1. The van der Waals surface area contributed by atoms with E-state index in [0.29, 0.717) is 12.3 Å². The van der Waals surface area contributed by atoms with E-state index in [1.165, 1.54) is 0 Å². The molecule has 0 bridgehead atoms. The maximum Gasteiger partial charge on any atom is 0.0926 e. The lowest BCUT2D eigenvalue weighted by molar-refractivity contribution is -0.301. The van der Waals surface area contributed by atoms with E-state index >= 15 is 0 Å². The molecule has 0 radical (unpaired) electrons. The van der Waals surface area contributed by atoms with Crippen LogP contribution in [0.2, 0.25) is 0 Å². The highest BCUT2D eigenvalue weighted by atomic mass is 31.2. The first-order chi connectivity index (χ1) is 4.54. The van der Waals surface area contributed by atoms with Gasteiger partial charge in [-0.2, -0.15) is 0 Å². The molecule has 4 heteroatoms. The van der Waals surface area contributed by atoms with Gasteiger partial charge in [0.25, 0.3) is 0 Å². The summed E-state index contributed by atoms with van der Waals surface area (Å²) in [4.78, 5) is 10.0. The van der Waals surface area contributed by atoms with Crippen LogP contribution >= 0.6 is 7.14 Å². The Morgan fingerprint density at radius 2 is 1.80 bits per heavy atom. The lowest BCUT2D eigenvalue weighted by atomic mass is 10.8. The molecule has 10 heavy (non-hydrogen) atoms. The van der Waals surface area contributed by atoms with Gasteiger partial charge in [0, 0.05) is 12.1 Å². The molecule has 0 atom stereocenters. The first-order valence-corrected chi connectivity index (χ1v) is 5.57. The molecule has 0 N–H and O–H groups in total. The van der Waals surface area contributed by atoms with Crippen LogP contribution < -0.4 is 5.11 Å². The van der Waals surface area contributed by atoms with E-state index in [2.05, 4.69) is 0 Å². The zero-order valence-electron chi connectivity index (χ0n) is 6.29. The van der Waals surface area contributed by atoms with Gasteiger partial charge in [-0.15, -0.1) is 0 Å². The van der Waals surface area contributed by atoms with E-state index in [0.717, 1.165) is 0 Å². The normalized spacial score (nSPS) is 11.4. The summed E-state index contributed by atoms with van der Waals surface area (Å²) in [5.74, 6) is -1.20. The molecule has 0 aromatic heterocycles. The molecule has 0 aliphatic carbocycles. The smallest absolute Gasteiger partial charge is 0.0926 e. The fourth-order valence-electron chi connectivity index (χ4n) is 0.682. The highest BCUT2D eigenvalue weighted by Crippen LogP contribution is 2.43. The number of carboxylic acid groups (broad SMARTS) is 1. The van der Waals surface area contributed by atoms with Crippen LogP contribution in [0.25, 0.3) is 0 Å². The van der Waals surface area contributed by atoms with Crippen LogP contribution in [0.4, 0.5) is 0 Å². The number of carboxylic acids is 1. The molecular formula is C6H12O3P-. The fraction of sp³-hybridized carbons (Fsp3) is 0.833. The van der Waals surface area contributed by atoms with Crippen molar-refractivity contribution in [1.29, 1.82) is 0 Å². The Hall–Kier alpha value is -0.300. The van der Waals surface area contributed by atoms with Gasteiger partial charge in [-0.3, -0.25) is 0 Å². The van der Waals surface area contributed by atoms with Crippen molar-refractivity contribution in [3.8, 4) is 0 Å². The maximum absolute atomic E-state index is 11.3. The van der Waals surface area contributed by atoms with Gasteiger partial charge >= 0.3 is 0 Å². The van der Waals surface area contributed by atoms with E-state index in [4.69, 9.17) is 0 Å². The molecule has 60 valence electrons. The van der Waals surface area contributed by atoms with Crippen molar-refractivity contribution in [2.45, 2.75) is 13.8 Å². The molecule has 0 aromatic carbocycles. The van der Waals surface area contributed by atoms with Gasteiger partial charge in [-0.05, 0) is 12.3 Å². The fourth-order valence-corrected chi connectivity index (χ4v) is 2.05. The highest BCUT2D eigenvalue weighted by Gasteiger charge is 2.16. The van der Waals surface area contributed by atoms with E-state index in [1.807, 2.05) is 0 Å². The monoisotopic (exact) mass is 163 g/mol. The molecule has 0 aliphatic heterocycles. The number of carbonyl (C=O) groups is 1. The van der Waals surface area contributed by atoms with Crippen LogP contribution in [-0.4, -0.2) is 24.5 Å². The summed E-state index contributed by atoms with van der Waals surface area (Å²) in [5.41, 5.74) is 0. The Balaban J connectivity index is 4.07. The summed E-state index contributed by atoms with van der Waals surface area (Å²) in [6.07, 6.45) is 0.648. The standard InChI is InChI=1S/C6H13O3P/c1-3-10(9,4-2)5-6(7)8/h3-5H2,1-2H3,(H,7,8)/p-1. The highest BCUT2D eigenvalue weighted by molar-refractivity contribution is 7.64. The van der Waals surface area contributed by atoms with Crippen molar-refractivity contribution in [2.75, 3.05) is 18.5 Å². The average molecular weight is 163 g/mol. The molecule has 0 amide bonds. The van der Waals surface area contributed by atoms with Crippen molar-refractivity contribution in [3.63, 3.8) is 0 Å². The Morgan fingerprint density at radius 1 is 1.40 bits per heavy atom. The number of carbonyl (C=O) groups excluding carboxylic acids is 1.